The van der Waals surface area contributed by atoms with E-state index in [1.54, 1.807) is 30.3 Å². The van der Waals surface area contributed by atoms with Gasteiger partial charge in [0.15, 0.2) is 0 Å². The summed E-state index contributed by atoms with van der Waals surface area (Å²) in [6.07, 6.45) is 0. The minimum Gasteiger partial charge on any atom is -0.489 e. The van der Waals surface area contributed by atoms with E-state index < -0.39 is 0 Å². The molecule has 0 fully saturated rings. The van der Waals surface area contributed by atoms with Crippen LogP contribution in [0.3, 0.4) is 0 Å². The number of carbonyl (C=O) groups is 1. The third-order valence-electron chi connectivity index (χ3n) is 2.99. The van der Waals surface area contributed by atoms with Gasteiger partial charge in [0, 0.05) is 11.8 Å². The molecule has 0 radical (unpaired) electrons. The van der Waals surface area contributed by atoms with Crippen molar-refractivity contribution in [2.75, 3.05) is 23.8 Å². The lowest BCUT2D eigenvalue weighted by molar-refractivity contribution is -0.114. The number of nitrogens with one attached hydrogen (secondary N) is 2. The number of ether oxygens (including phenoxy) is 1. The van der Waals surface area contributed by atoms with Gasteiger partial charge in [-0.15, -0.1) is 0 Å². The number of hydrogen-bond acceptors (Lipinski definition) is 3. The van der Waals surface area contributed by atoms with Gasteiger partial charge in [0.25, 0.3) is 0 Å². The molecule has 24 heavy (non-hydrogen) atoms. The molecular formula is C18H18Cl2N2O2. The molecule has 0 aliphatic carbocycles. The lowest BCUT2D eigenvalue weighted by atomic mass is 10.3. The van der Waals surface area contributed by atoms with Crippen LogP contribution in [0.5, 0.6) is 5.75 Å². The number of halogens is 2. The minimum atomic E-state index is -0.205. The molecule has 126 valence electrons. The third kappa shape index (κ3) is 5.48. The topological polar surface area (TPSA) is 50.4 Å². The van der Waals surface area contributed by atoms with E-state index in [0.717, 1.165) is 5.57 Å². The first-order valence-electron chi connectivity index (χ1n) is 7.30. The van der Waals surface area contributed by atoms with Crippen molar-refractivity contribution in [3.63, 3.8) is 0 Å². The van der Waals surface area contributed by atoms with E-state index in [2.05, 4.69) is 17.2 Å². The highest BCUT2D eigenvalue weighted by Crippen LogP contribution is 2.29. The molecule has 1 amide bonds. The van der Waals surface area contributed by atoms with Crippen molar-refractivity contribution in [3.8, 4) is 5.75 Å². The highest BCUT2D eigenvalue weighted by molar-refractivity contribution is 6.43. The second kappa shape index (κ2) is 8.62. The Balaban J connectivity index is 1.91. The maximum Gasteiger partial charge on any atom is 0.243 e. The molecule has 0 unspecified atom stereocenters. The number of rotatable bonds is 7. The second-order valence-electron chi connectivity index (χ2n) is 5.28. The van der Waals surface area contributed by atoms with Gasteiger partial charge in [0.2, 0.25) is 5.91 Å². The highest BCUT2D eigenvalue weighted by atomic mass is 35.5. The summed E-state index contributed by atoms with van der Waals surface area (Å²) in [5.41, 5.74) is 2.18. The van der Waals surface area contributed by atoms with Gasteiger partial charge in [0.1, 0.15) is 12.4 Å². The second-order valence-corrected chi connectivity index (χ2v) is 6.06. The molecule has 2 N–H and O–H groups in total. The molecule has 0 spiro atoms. The van der Waals surface area contributed by atoms with Gasteiger partial charge in [-0.2, -0.15) is 0 Å². The third-order valence-corrected chi connectivity index (χ3v) is 3.81. The van der Waals surface area contributed by atoms with Gasteiger partial charge < -0.3 is 15.4 Å². The van der Waals surface area contributed by atoms with Crippen molar-refractivity contribution in [3.05, 3.63) is 64.7 Å². The van der Waals surface area contributed by atoms with Crippen molar-refractivity contribution < 1.29 is 9.53 Å². The summed E-state index contributed by atoms with van der Waals surface area (Å²) >= 11 is 12.0. The van der Waals surface area contributed by atoms with Crippen LogP contribution in [0.4, 0.5) is 11.4 Å². The van der Waals surface area contributed by atoms with E-state index in [1.807, 2.05) is 19.1 Å². The van der Waals surface area contributed by atoms with Gasteiger partial charge in [-0.05, 0) is 36.8 Å². The Bertz CT molecular complexity index is 748. The zero-order valence-corrected chi connectivity index (χ0v) is 14.7. The zero-order valence-electron chi connectivity index (χ0n) is 13.2. The van der Waals surface area contributed by atoms with E-state index in [9.17, 15) is 4.79 Å². The van der Waals surface area contributed by atoms with Crippen LogP contribution < -0.4 is 15.4 Å². The van der Waals surface area contributed by atoms with Crippen LogP contribution in [0, 0.1) is 0 Å². The summed E-state index contributed by atoms with van der Waals surface area (Å²) in [6.45, 7) is 6.17. The number of amides is 1. The van der Waals surface area contributed by atoms with Gasteiger partial charge in [-0.3, -0.25) is 4.79 Å². The Labute approximate surface area is 151 Å². The van der Waals surface area contributed by atoms with Crippen LogP contribution in [-0.4, -0.2) is 19.1 Å². The van der Waals surface area contributed by atoms with Crippen molar-refractivity contribution in [2.24, 2.45) is 0 Å². The number of carbonyl (C=O) groups excluding carboxylic acids is 1. The SMILES string of the molecule is C=C(C)COc1cccc(NC(=O)CNc2cccc(Cl)c2Cl)c1. The summed E-state index contributed by atoms with van der Waals surface area (Å²) in [5, 5.41) is 6.58. The molecule has 0 saturated carbocycles. The van der Waals surface area contributed by atoms with Gasteiger partial charge >= 0.3 is 0 Å². The van der Waals surface area contributed by atoms with Crippen LogP contribution in [-0.2, 0) is 4.79 Å². The van der Waals surface area contributed by atoms with E-state index in [0.29, 0.717) is 33.8 Å². The highest BCUT2D eigenvalue weighted by Gasteiger charge is 2.07. The Morgan fingerprint density at radius 2 is 1.96 bits per heavy atom. The van der Waals surface area contributed by atoms with Gasteiger partial charge in [-0.1, -0.05) is 41.9 Å². The number of hydrogen-bond donors (Lipinski definition) is 2. The van der Waals surface area contributed by atoms with Crippen LogP contribution in [0.15, 0.2) is 54.6 Å². The predicted octanol–water partition coefficient (Wildman–Crippen LogP) is 5.00. The smallest absolute Gasteiger partial charge is 0.243 e. The fourth-order valence-electron chi connectivity index (χ4n) is 1.89. The number of anilines is 2. The molecule has 2 aromatic carbocycles. The quantitative estimate of drug-likeness (QED) is 0.679. The summed E-state index contributed by atoms with van der Waals surface area (Å²) in [7, 11) is 0. The van der Waals surface area contributed by atoms with E-state index in [4.69, 9.17) is 27.9 Å². The van der Waals surface area contributed by atoms with Crippen molar-refractivity contribution in [1.29, 1.82) is 0 Å². The van der Waals surface area contributed by atoms with Crippen LogP contribution in [0.25, 0.3) is 0 Å². The first-order chi connectivity index (χ1) is 11.5. The Hall–Kier alpha value is -2.17. The predicted molar refractivity (Wildman–Crippen MR) is 100 cm³/mol. The molecule has 6 heteroatoms. The molecule has 0 atom stereocenters. The number of benzene rings is 2. The first kappa shape index (κ1) is 18.2. The summed E-state index contributed by atoms with van der Waals surface area (Å²) in [5.74, 6) is 0.463. The lowest BCUT2D eigenvalue weighted by Gasteiger charge is -2.11. The van der Waals surface area contributed by atoms with Crippen molar-refractivity contribution in [1.82, 2.24) is 0 Å². The van der Waals surface area contributed by atoms with Crippen LogP contribution in [0.1, 0.15) is 6.92 Å². The molecule has 2 rings (SSSR count). The fraction of sp³-hybridized carbons (Fsp3) is 0.167. The standard InChI is InChI=1S/C18H18Cl2N2O2/c1-12(2)11-24-14-6-3-5-13(9-14)22-17(23)10-21-16-8-4-7-15(19)18(16)20/h3-9,21H,1,10-11H2,2H3,(H,22,23). The Kier molecular flexibility index (Phi) is 6.53. The molecule has 0 saturated heterocycles. The fourth-order valence-corrected chi connectivity index (χ4v) is 2.26. The average molecular weight is 365 g/mol. The molecule has 0 heterocycles. The van der Waals surface area contributed by atoms with Gasteiger partial charge in [0.05, 0.1) is 22.3 Å². The summed E-state index contributed by atoms with van der Waals surface area (Å²) < 4.78 is 5.55. The average Bonchev–Trinajstić information content (AvgIpc) is 2.55. The zero-order chi connectivity index (χ0) is 17.5. The molecule has 4 nitrogen and oxygen atoms in total. The molecule has 2 aromatic rings. The maximum absolute atomic E-state index is 12.1. The van der Waals surface area contributed by atoms with Crippen molar-refractivity contribution >= 4 is 40.5 Å². The van der Waals surface area contributed by atoms with Crippen LogP contribution >= 0.6 is 23.2 Å². The van der Waals surface area contributed by atoms with E-state index in [-0.39, 0.29) is 12.5 Å². The molecule has 0 aliphatic heterocycles. The monoisotopic (exact) mass is 364 g/mol. The van der Waals surface area contributed by atoms with E-state index in [1.165, 1.54) is 0 Å². The van der Waals surface area contributed by atoms with Crippen LogP contribution in [0.2, 0.25) is 10.0 Å². The summed E-state index contributed by atoms with van der Waals surface area (Å²) in [6, 6.07) is 12.4. The molecular weight excluding hydrogens is 347 g/mol. The molecule has 0 bridgehead atoms. The van der Waals surface area contributed by atoms with Gasteiger partial charge in [-0.25, -0.2) is 0 Å². The maximum atomic E-state index is 12.1. The normalized spacial score (nSPS) is 10.1. The Morgan fingerprint density at radius 1 is 1.21 bits per heavy atom. The first-order valence-corrected chi connectivity index (χ1v) is 8.06. The molecule has 0 aliphatic rings. The minimum absolute atomic E-state index is 0.0664. The lowest BCUT2D eigenvalue weighted by Crippen LogP contribution is -2.21. The van der Waals surface area contributed by atoms with Crippen molar-refractivity contribution in [2.45, 2.75) is 6.92 Å². The molecule has 0 aromatic heterocycles. The Morgan fingerprint density at radius 3 is 2.71 bits per heavy atom. The van der Waals surface area contributed by atoms with E-state index >= 15 is 0 Å². The summed E-state index contributed by atoms with van der Waals surface area (Å²) in [4.78, 5) is 12.1. The largest absolute Gasteiger partial charge is 0.489 e.